The lowest BCUT2D eigenvalue weighted by atomic mass is 9.57. The second kappa shape index (κ2) is 9.18. The molecule has 3 saturated carbocycles. The van der Waals surface area contributed by atoms with E-state index in [2.05, 4.69) is 46.4 Å². The summed E-state index contributed by atoms with van der Waals surface area (Å²) in [6.45, 7) is 17.8. The Balaban J connectivity index is 1.74. The summed E-state index contributed by atoms with van der Waals surface area (Å²) >= 11 is 0. The van der Waals surface area contributed by atoms with Gasteiger partial charge in [-0.2, -0.15) is 0 Å². The molecule has 2 nitrogen and oxygen atoms in total. The fourth-order valence-corrected chi connectivity index (χ4v) is 6.86. The molecule has 2 unspecified atom stereocenters. The summed E-state index contributed by atoms with van der Waals surface area (Å²) in [4.78, 5) is 0. The molecule has 2 N–H and O–H groups in total. The van der Waals surface area contributed by atoms with E-state index in [1.165, 1.54) is 37.7 Å². The monoisotopic (exact) mass is 428 g/mol. The Bertz CT molecular complexity index is 720. The van der Waals surface area contributed by atoms with Crippen molar-refractivity contribution < 1.29 is 10.2 Å². The van der Waals surface area contributed by atoms with Crippen molar-refractivity contribution in [1.82, 2.24) is 0 Å². The fraction of sp³-hybridized carbons (Fsp3) is 0.793. The van der Waals surface area contributed by atoms with Crippen molar-refractivity contribution in [3.63, 3.8) is 0 Å². The molecule has 0 aliphatic heterocycles. The van der Waals surface area contributed by atoms with E-state index in [-0.39, 0.29) is 11.5 Å². The Morgan fingerprint density at radius 2 is 1.81 bits per heavy atom. The maximum Gasteiger partial charge on any atom is 0.0784 e. The SMILES string of the molecule is C=C1CC/C(=C/C=C2\CCC[C@@]3(C)C2CCC3[C@@H](C)C(C)(C)CCC(C)(C)O)C[C@H]1O. The Morgan fingerprint density at radius 1 is 1.10 bits per heavy atom. The number of allylic oxidation sites excluding steroid dienone is 3. The van der Waals surface area contributed by atoms with Crippen LogP contribution in [0.2, 0.25) is 0 Å². The van der Waals surface area contributed by atoms with E-state index in [1.807, 2.05) is 13.8 Å². The highest BCUT2D eigenvalue weighted by Gasteiger charge is 2.52. The number of hydrogen-bond donors (Lipinski definition) is 2. The van der Waals surface area contributed by atoms with Crippen LogP contribution in [0.15, 0.2) is 35.5 Å². The van der Waals surface area contributed by atoms with E-state index >= 15 is 0 Å². The van der Waals surface area contributed by atoms with E-state index in [0.717, 1.165) is 43.6 Å². The molecule has 0 aromatic rings. The number of hydrogen-bond acceptors (Lipinski definition) is 2. The van der Waals surface area contributed by atoms with Gasteiger partial charge in [0.05, 0.1) is 11.7 Å². The zero-order valence-electron chi connectivity index (χ0n) is 21.1. The number of rotatable bonds is 6. The Kier molecular flexibility index (Phi) is 7.34. The van der Waals surface area contributed by atoms with Gasteiger partial charge in [-0.25, -0.2) is 0 Å². The van der Waals surface area contributed by atoms with E-state index < -0.39 is 5.60 Å². The first kappa shape index (κ1) is 24.8. The van der Waals surface area contributed by atoms with Crippen molar-refractivity contribution >= 4 is 0 Å². The summed E-state index contributed by atoms with van der Waals surface area (Å²) in [5, 5.41) is 20.4. The average molecular weight is 429 g/mol. The second-order valence-electron chi connectivity index (χ2n) is 12.6. The van der Waals surface area contributed by atoms with Crippen molar-refractivity contribution in [3.05, 3.63) is 35.5 Å². The van der Waals surface area contributed by atoms with Crippen LogP contribution >= 0.6 is 0 Å². The minimum absolute atomic E-state index is 0.243. The van der Waals surface area contributed by atoms with Gasteiger partial charge in [0.2, 0.25) is 0 Å². The second-order valence-corrected chi connectivity index (χ2v) is 12.6. The largest absolute Gasteiger partial charge is 0.390 e. The minimum atomic E-state index is -0.577. The van der Waals surface area contributed by atoms with Gasteiger partial charge in [-0.05, 0) is 112 Å². The summed E-state index contributed by atoms with van der Waals surface area (Å²) in [5.41, 5.74) is 4.10. The zero-order valence-corrected chi connectivity index (χ0v) is 21.1. The Morgan fingerprint density at radius 3 is 2.45 bits per heavy atom. The van der Waals surface area contributed by atoms with Crippen LogP contribution in [-0.2, 0) is 0 Å². The van der Waals surface area contributed by atoms with Gasteiger partial charge < -0.3 is 10.2 Å². The maximum atomic E-state index is 10.3. The molecule has 31 heavy (non-hydrogen) atoms. The van der Waals surface area contributed by atoms with Crippen molar-refractivity contribution in [2.24, 2.45) is 28.6 Å². The molecular formula is C29H48O2. The molecule has 0 spiro atoms. The lowest BCUT2D eigenvalue weighted by Crippen LogP contribution is -2.40. The normalized spacial score (nSPS) is 36.1. The van der Waals surface area contributed by atoms with Crippen molar-refractivity contribution in [2.75, 3.05) is 0 Å². The van der Waals surface area contributed by atoms with E-state index in [1.54, 1.807) is 5.57 Å². The maximum absolute atomic E-state index is 10.3. The first-order valence-corrected chi connectivity index (χ1v) is 12.8. The van der Waals surface area contributed by atoms with Gasteiger partial charge in [0.15, 0.2) is 0 Å². The van der Waals surface area contributed by atoms with Gasteiger partial charge in [0.1, 0.15) is 0 Å². The number of aliphatic hydroxyl groups excluding tert-OH is 1. The molecule has 3 rings (SSSR count). The fourth-order valence-electron chi connectivity index (χ4n) is 6.86. The minimum Gasteiger partial charge on any atom is -0.390 e. The lowest BCUT2D eigenvalue weighted by Gasteiger charge is -2.48. The quantitative estimate of drug-likeness (QED) is 0.434. The first-order chi connectivity index (χ1) is 14.3. The highest BCUT2D eigenvalue weighted by molar-refractivity contribution is 5.28. The summed E-state index contributed by atoms with van der Waals surface area (Å²) in [6.07, 6.45) is 15.7. The molecule has 3 aliphatic rings. The third-order valence-corrected chi connectivity index (χ3v) is 9.48. The molecule has 0 aromatic heterocycles. The van der Waals surface area contributed by atoms with Crippen LogP contribution in [0.5, 0.6) is 0 Å². The Hall–Kier alpha value is -0.860. The molecule has 0 saturated heterocycles. The van der Waals surface area contributed by atoms with Crippen LogP contribution < -0.4 is 0 Å². The van der Waals surface area contributed by atoms with Crippen molar-refractivity contribution in [1.29, 1.82) is 0 Å². The van der Waals surface area contributed by atoms with Crippen LogP contribution in [-0.4, -0.2) is 21.9 Å². The molecule has 5 atom stereocenters. The van der Waals surface area contributed by atoms with Crippen LogP contribution in [0.1, 0.15) is 106 Å². The van der Waals surface area contributed by atoms with E-state index in [4.69, 9.17) is 0 Å². The Labute approximate surface area is 191 Å². The topological polar surface area (TPSA) is 40.5 Å². The van der Waals surface area contributed by atoms with Crippen molar-refractivity contribution in [2.45, 2.75) is 117 Å². The van der Waals surface area contributed by atoms with Gasteiger partial charge in [0, 0.05) is 0 Å². The van der Waals surface area contributed by atoms with Gasteiger partial charge in [0.25, 0.3) is 0 Å². The molecule has 0 heterocycles. The van der Waals surface area contributed by atoms with E-state index in [0.29, 0.717) is 17.3 Å². The standard InChI is InChI=1S/C29H48O2/c1-20-10-11-22(19-26(20)30)12-13-23-9-8-16-29(7)24(14-15-25(23)29)21(2)27(3,4)17-18-28(5,6)31/h12-13,21,24-26,30-31H,1,8-11,14-19H2,2-7H3/b22-12-,23-13+/t21-,24?,25?,26-,29-/m1/s1. The van der Waals surface area contributed by atoms with Crippen LogP contribution in [0.25, 0.3) is 0 Å². The molecule has 176 valence electrons. The van der Waals surface area contributed by atoms with Crippen LogP contribution in [0.3, 0.4) is 0 Å². The van der Waals surface area contributed by atoms with Gasteiger partial charge in [-0.15, -0.1) is 0 Å². The van der Waals surface area contributed by atoms with Gasteiger partial charge in [-0.3, -0.25) is 0 Å². The van der Waals surface area contributed by atoms with Crippen LogP contribution in [0, 0.1) is 28.6 Å². The molecular weight excluding hydrogens is 380 g/mol. The first-order valence-electron chi connectivity index (χ1n) is 12.8. The molecule has 0 radical (unpaired) electrons. The molecule has 0 bridgehead atoms. The third kappa shape index (κ3) is 5.56. The molecule has 3 aliphatic carbocycles. The highest BCUT2D eigenvalue weighted by Crippen LogP contribution is 2.61. The van der Waals surface area contributed by atoms with Crippen LogP contribution in [0.4, 0.5) is 0 Å². The summed E-state index contributed by atoms with van der Waals surface area (Å²) in [6, 6.07) is 0. The molecule has 0 amide bonds. The van der Waals surface area contributed by atoms with Crippen molar-refractivity contribution in [3.8, 4) is 0 Å². The average Bonchev–Trinajstić information content (AvgIpc) is 3.03. The third-order valence-electron chi connectivity index (χ3n) is 9.48. The predicted octanol–water partition coefficient (Wildman–Crippen LogP) is 7.37. The smallest absolute Gasteiger partial charge is 0.0784 e. The van der Waals surface area contributed by atoms with E-state index in [9.17, 15) is 10.2 Å². The molecule has 3 fully saturated rings. The van der Waals surface area contributed by atoms with Gasteiger partial charge in [-0.1, -0.05) is 57.6 Å². The zero-order chi connectivity index (χ0) is 23.0. The summed E-state index contributed by atoms with van der Waals surface area (Å²) < 4.78 is 0. The number of fused-ring (bicyclic) bond motifs is 1. The predicted molar refractivity (Wildman–Crippen MR) is 132 cm³/mol. The molecule has 0 aromatic carbocycles. The highest BCUT2D eigenvalue weighted by atomic mass is 16.3. The lowest BCUT2D eigenvalue weighted by molar-refractivity contribution is 0.0127. The summed E-state index contributed by atoms with van der Waals surface area (Å²) in [7, 11) is 0. The summed E-state index contributed by atoms with van der Waals surface area (Å²) in [5.74, 6) is 2.12. The van der Waals surface area contributed by atoms with Gasteiger partial charge >= 0.3 is 0 Å². The number of aliphatic hydroxyl groups is 2. The molecule has 2 heteroatoms.